The predicted octanol–water partition coefficient (Wildman–Crippen LogP) is 2.93. The van der Waals surface area contributed by atoms with Crippen molar-refractivity contribution in [1.82, 2.24) is 9.71 Å². The van der Waals surface area contributed by atoms with Crippen molar-refractivity contribution in [3.05, 3.63) is 53.1 Å². The second-order valence-corrected chi connectivity index (χ2v) is 10.1. The molecule has 0 aliphatic carbocycles. The van der Waals surface area contributed by atoms with Crippen molar-refractivity contribution in [3.8, 4) is 11.9 Å². The van der Waals surface area contributed by atoms with Gasteiger partial charge < -0.3 is 14.4 Å². The van der Waals surface area contributed by atoms with Gasteiger partial charge in [0.25, 0.3) is 0 Å². The Bertz CT molecular complexity index is 1300. The Hall–Kier alpha value is -3.86. The zero-order chi connectivity index (χ0) is 27.9. The van der Waals surface area contributed by atoms with E-state index in [0.717, 1.165) is 6.07 Å². The Labute approximate surface area is 217 Å². The van der Waals surface area contributed by atoms with Gasteiger partial charge in [0.05, 0.1) is 17.9 Å². The summed E-state index contributed by atoms with van der Waals surface area (Å²) in [7, 11) is -3.92. The van der Waals surface area contributed by atoms with Crippen LogP contribution in [0.2, 0.25) is 0 Å². The van der Waals surface area contributed by atoms with Gasteiger partial charge in [-0.15, -0.1) is 0 Å². The molecule has 2 aromatic rings. The number of halogens is 3. The number of hydrogen-bond donors (Lipinski definition) is 1. The minimum Gasteiger partial charge on any atom is -0.467 e. The van der Waals surface area contributed by atoms with E-state index in [9.17, 15) is 36.4 Å². The molecule has 0 spiro atoms. The number of rotatable bonds is 9. The highest BCUT2D eigenvalue weighted by molar-refractivity contribution is 7.89. The lowest BCUT2D eigenvalue weighted by atomic mass is 9.96. The average molecular weight is 555 g/mol. The first kappa shape index (κ1) is 28.7. The van der Waals surface area contributed by atoms with Crippen LogP contribution in [-0.2, 0) is 25.3 Å². The number of nitriles is 1. The van der Waals surface area contributed by atoms with E-state index < -0.39 is 52.0 Å². The van der Waals surface area contributed by atoms with E-state index in [4.69, 9.17) is 9.47 Å². The number of carbonyl (C=O) groups excluding carboxylic acids is 2. The summed E-state index contributed by atoms with van der Waals surface area (Å²) < 4.78 is 74.8. The maximum absolute atomic E-state index is 12.8. The van der Waals surface area contributed by atoms with Crippen LogP contribution in [-0.4, -0.2) is 57.8 Å². The number of esters is 1. The Morgan fingerprint density at radius 3 is 2.45 bits per heavy atom. The van der Waals surface area contributed by atoms with Crippen molar-refractivity contribution in [2.45, 2.75) is 31.7 Å². The molecule has 2 heterocycles. The molecule has 0 bridgehead atoms. The summed E-state index contributed by atoms with van der Waals surface area (Å²) in [6, 6.07) is 11.3. The molecule has 38 heavy (non-hydrogen) atoms. The lowest BCUT2D eigenvalue weighted by molar-refractivity contribution is -0.154. The average Bonchev–Trinajstić information content (AvgIpc) is 2.86. The molecule has 1 aromatic carbocycles. The van der Waals surface area contributed by atoms with E-state index in [-0.39, 0.29) is 49.7 Å². The van der Waals surface area contributed by atoms with Gasteiger partial charge >= 0.3 is 12.1 Å². The smallest absolute Gasteiger partial charge is 0.422 e. The molecule has 0 atom stereocenters. The van der Waals surface area contributed by atoms with Crippen LogP contribution in [0.25, 0.3) is 0 Å². The normalized spacial score (nSPS) is 14.4. The van der Waals surface area contributed by atoms with Crippen LogP contribution >= 0.6 is 0 Å². The van der Waals surface area contributed by atoms with E-state index in [1.165, 1.54) is 6.92 Å². The molecule has 10 nitrogen and oxygen atoms in total. The number of ether oxygens (including phenoxy) is 2. The molecular weight excluding hydrogens is 529 g/mol. The van der Waals surface area contributed by atoms with Gasteiger partial charge in [-0.25, -0.2) is 13.2 Å². The molecule has 0 saturated carbocycles. The molecule has 1 amide bonds. The Morgan fingerprint density at radius 1 is 1.21 bits per heavy atom. The van der Waals surface area contributed by atoms with Gasteiger partial charge in [0, 0.05) is 19.0 Å². The molecule has 1 aliphatic heterocycles. The molecule has 0 radical (unpaired) electrons. The molecule has 1 N–H and O–H groups in total. The van der Waals surface area contributed by atoms with Gasteiger partial charge in [0.15, 0.2) is 12.4 Å². The second kappa shape index (κ2) is 12.1. The van der Waals surface area contributed by atoms with Crippen LogP contribution < -0.4 is 14.4 Å². The monoisotopic (exact) mass is 554 g/mol. The zero-order valence-electron chi connectivity index (χ0n) is 20.3. The Morgan fingerprint density at radius 2 is 1.87 bits per heavy atom. The van der Waals surface area contributed by atoms with Crippen LogP contribution in [0.5, 0.6) is 5.88 Å². The number of aromatic nitrogens is 1. The van der Waals surface area contributed by atoms with Crippen LogP contribution in [0.3, 0.4) is 0 Å². The predicted molar refractivity (Wildman–Crippen MR) is 129 cm³/mol. The fourth-order valence-electron chi connectivity index (χ4n) is 3.85. The number of pyridine rings is 1. The van der Waals surface area contributed by atoms with Gasteiger partial charge in [0.1, 0.15) is 11.6 Å². The highest BCUT2D eigenvalue weighted by Gasteiger charge is 2.33. The summed E-state index contributed by atoms with van der Waals surface area (Å²) in [6.45, 7) is 0.0373. The molecule has 1 aliphatic rings. The molecule has 3 rings (SSSR count). The van der Waals surface area contributed by atoms with Gasteiger partial charge in [-0.2, -0.15) is 23.4 Å². The summed E-state index contributed by atoms with van der Waals surface area (Å²) in [6.07, 6.45) is -4.32. The van der Waals surface area contributed by atoms with Crippen LogP contribution in [0.15, 0.2) is 36.4 Å². The third kappa shape index (κ3) is 7.82. The topological polar surface area (TPSA) is 139 Å². The lowest BCUT2D eigenvalue weighted by Crippen LogP contribution is -2.43. The lowest BCUT2D eigenvalue weighted by Gasteiger charge is -2.32. The van der Waals surface area contributed by atoms with E-state index in [2.05, 4.69) is 9.71 Å². The number of benzene rings is 1. The number of amides is 1. The first-order chi connectivity index (χ1) is 17.9. The molecule has 1 fully saturated rings. The maximum Gasteiger partial charge on any atom is 0.422 e. The van der Waals surface area contributed by atoms with Crippen molar-refractivity contribution in [2.75, 3.05) is 31.2 Å². The van der Waals surface area contributed by atoms with Crippen LogP contribution in [0, 0.1) is 17.2 Å². The fourth-order valence-corrected chi connectivity index (χ4v) is 5.02. The number of hydrogen-bond acceptors (Lipinski definition) is 9. The van der Waals surface area contributed by atoms with Gasteiger partial charge in [-0.3, -0.25) is 9.52 Å². The summed E-state index contributed by atoms with van der Waals surface area (Å²) >= 11 is 0. The molecule has 1 aromatic heterocycles. The number of sulfonamides is 1. The van der Waals surface area contributed by atoms with E-state index in [1.54, 1.807) is 35.2 Å². The van der Waals surface area contributed by atoms with Crippen molar-refractivity contribution < 1.29 is 40.7 Å². The quantitative estimate of drug-likeness (QED) is 0.464. The first-order valence-corrected chi connectivity index (χ1v) is 13.2. The fraction of sp³-hybridized carbons (Fsp3) is 0.417. The molecule has 0 unspecified atom stereocenters. The number of nitrogens with zero attached hydrogens (tertiary/aromatic N) is 3. The molecular formula is C24H25F3N4O6S. The molecule has 14 heteroatoms. The zero-order valence-corrected chi connectivity index (χ0v) is 21.1. The first-order valence-electron chi connectivity index (χ1n) is 11.6. The van der Waals surface area contributed by atoms with E-state index in [0.29, 0.717) is 5.56 Å². The second-order valence-electron chi connectivity index (χ2n) is 8.42. The number of anilines is 1. The highest BCUT2D eigenvalue weighted by Crippen LogP contribution is 2.31. The number of alkyl halides is 3. The van der Waals surface area contributed by atoms with Crippen molar-refractivity contribution in [3.63, 3.8) is 0 Å². The number of nitrogens with one attached hydrogen (secondary N) is 1. The third-order valence-corrected chi connectivity index (χ3v) is 6.80. The van der Waals surface area contributed by atoms with Gasteiger partial charge in [-0.1, -0.05) is 30.3 Å². The number of carbonyl (C=O) groups is 2. The minimum atomic E-state index is -4.70. The SMILES string of the molecule is CCOC(=O)c1cc(C#N)c(N2CCC(C(=O)NS(=O)(=O)Cc3ccccc3)CC2)nc1OCC(F)(F)F. The number of piperidine rings is 1. The third-order valence-electron chi connectivity index (χ3n) is 5.58. The van der Waals surface area contributed by atoms with E-state index >= 15 is 0 Å². The van der Waals surface area contributed by atoms with Crippen LogP contribution in [0.4, 0.5) is 19.0 Å². The van der Waals surface area contributed by atoms with Crippen LogP contribution in [0.1, 0.15) is 41.3 Å². The summed E-state index contributed by atoms with van der Waals surface area (Å²) in [5.41, 5.74) is 0.00239. The van der Waals surface area contributed by atoms with Crippen molar-refractivity contribution >= 4 is 27.7 Å². The van der Waals surface area contributed by atoms with E-state index in [1.807, 2.05) is 6.07 Å². The summed E-state index contributed by atoms with van der Waals surface area (Å²) in [5.74, 6) is -3.33. The highest BCUT2D eigenvalue weighted by atomic mass is 32.2. The Kier molecular flexibility index (Phi) is 9.16. The van der Waals surface area contributed by atoms with Gasteiger partial charge in [-0.05, 0) is 31.4 Å². The summed E-state index contributed by atoms with van der Waals surface area (Å²) in [5, 5.41) is 9.60. The minimum absolute atomic E-state index is 0.0201. The maximum atomic E-state index is 12.8. The standard InChI is InChI=1S/C24H25F3N4O6S/c1-2-36-23(33)19-12-18(13-28)20(29-22(19)37-15-24(25,26)27)31-10-8-17(9-11-31)21(32)30-38(34,35)14-16-6-4-3-5-7-16/h3-7,12,17H,2,8-11,14-15H2,1H3,(H,30,32). The van der Waals surface area contributed by atoms with Crippen molar-refractivity contribution in [2.24, 2.45) is 5.92 Å². The molecule has 204 valence electrons. The van der Waals surface area contributed by atoms with Crippen molar-refractivity contribution in [1.29, 1.82) is 5.26 Å². The summed E-state index contributed by atoms with van der Waals surface area (Å²) in [4.78, 5) is 30.5. The van der Waals surface area contributed by atoms with Gasteiger partial charge in [0.2, 0.25) is 21.8 Å². The largest absolute Gasteiger partial charge is 0.467 e. The Balaban J connectivity index is 1.73. The molecule has 1 saturated heterocycles.